The van der Waals surface area contributed by atoms with Crippen molar-refractivity contribution in [2.45, 2.75) is 50.9 Å². The first kappa shape index (κ1) is 12.9. The zero-order valence-corrected chi connectivity index (χ0v) is 11.5. The minimum Gasteiger partial charge on any atom is -0.490 e. The average molecular weight is 261 g/mol. The van der Waals surface area contributed by atoms with Gasteiger partial charge in [0, 0.05) is 6.61 Å². The number of rotatable bonds is 7. The summed E-state index contributed by atoms with van der Waals surface area (Å²) in [6.07, 6.45) is 5.44. The normalized spacial score (nSPS) is 22.0. The third kappa shape index (κ3) is 3.28. The molecule has 3 rings (SSSR count). The maximum absolute atomic E-state index is 6.40. The highest BCUT2D eigenvalue weighted by molar-refractivity contribution is 5.31. The summed E-state index contributed by atoms with van der Waals surface area (Å²) in [6, 6.07) is 8.16. The van der Waals surface area contributed by atoms with Crippen molar-refractivity contribution < 1.29 is 9.47 Å². The summed E-state index contributed by atoms with van der Waals surface area (Å²) < 4.78 is 11.7. The Morgan fingerprint density at radius 3 is 2.68 bits per heavy atom. The van der Waals surface area contributed by atoms with E-state index in [2.05, 4.69) is 12.1 Å². The van der Waals surface area contributed by atoms with Crippen LogP contribution in [-0.4, -0.2) is 18.8 Å². The van der Waals surface area contributed by atoms with Crippen LogP contribution in [-0.2, 0) is 4.74 Å². The van der Waals surface area contributed by atoms with Crippen LogP contribution in [0.2, 0.25) is 0 Å². The Morgan fingerprint density at radius 2 is 2.05 bits per heavy atom. The Kier molecular flexibility index (Phi) is 3.76. The molecule has 0 radical (unpaired) electrons. The lowest BCUT2D eigenvalue weighted by atomic mass is 9.98. The molecule has 0 spiro atoms. The first-order valence-electron chi connectivity index (χ1n) is 7.41. The number of hydrogen-bond acceptors (Lipinski definition) is 3. The summed E-state index contributed by atoms with van der Waals surface area (Å²) in [6.45, 7) is 2.77. The minimum absolute atomic E-state index is 0.0461. The summed E-state index contributed by atoms with van der Waals surface area (Å²) in [4.78, 5) is 0. The molecule has 2 saturated carbocycles. The van der Waals surface area contributed by atoms with Gasteiger partial charge in [-0.1, -0.05) is 12.1 Å². The van der Waals surface area contributed by atoms with E-state index < -0.39 is 0 Å². The molecule has 2 aliphatic rings. The maximum atomic E-state index is 6.40. The van der Waals surface area contributed by atoms with E-state index in [4.69, 9.17) is 15.2 Å². The predicted octanol–water partition coefficient (Wildman–Crippen LogP) is 3.04. The molecular weight excluding hydrogens is 238 g/mol. The van der Waals surface area contributed by atoms with Crippen molar-refractivity contribution in [2.24, 2.45) is 11.7 Å². The summed E-state index contributed by atoms with van der Waals surface area (Å²) >= 11 is 0. The van der Waals surface area contributed by atoms with Gasteiger partial charge >= 0.3 is 0 Å². The molecule has 1 aromatic carbocycles. The largest absolute Gasteiger partial charge is 0.490 e. The van der Waals surface area contributed by atoms with Gasteiger partial charge in [0.2, 0.25) is 0 Å². The maximum Gasteiger partial charge on any atom is 0.120 e. The van der Waals surface area contributed by atoms with Crippen molar-refractivity contribution in [1.29, 1.82) is 0 Å². The zero-order chi connectivity index (χ0) is 13.2. The lowest BCUT2D eigenvalue weighted by Gasteiger charge is -2.24. The van der Waals surface area contributed by atoms with E-state index in [0.29, 0.717) is 12.0 Å². The van der Waals surface area contributed by atoms with E-state index in [1.54, 1.807) is 0 Å². The van der Waals surface area contributed by atoms with Crippen molar-refractivity contribution in [2.75, 3.05) is 6.61 Å². The van der Waals surface area contributed by atoms with E-state index in [-0.39, 0.29) is 12.1 Å². The number of ether oxygens (including phenoxy) is 2. The van der Waals surface area contributed by atoms with Crippen LogP contribution in [0.5, 0.6) is 5.75 Å². The second kappa shape index (κ2) is 5.51. The molecule has 2 aliphatic carbocycles. The fourth-order valence-electron chi connectivity index (χ4n) is 2.51. The molecule has 19 heavy (non-hydrogen) atoms. The van der Waals surface area contributed by atoms with E-state index in [9.17, 15) is 0 Å². The second-order valence-corrected chi connectivity index (χ2v) is 5.67. The molecule has 0 saturated heterocycles. The molecule has 3 heteroatoms. The molecule has 2 N–H and O–H groups in total. The van der Waals surface area contributed by atoms with Crippen LogP contribution in [0.1, 0.15) is 44.2 Å². The summed E-state index contributed by atoms with van der Waals surface area (Å²) in [5.74, 6) is 1.59. The number of hydrogen-bond donors (Lipinski definition) is 1. The Morgan fingerprint density at radius 1 is 1.26 bits per heavy atom. The number of nitrogens with two attached hydrogens (primary N) is 1. The van der Waals surface area contributed by atoms with Crippen LogP contribution in [0.4, 0.5) is 0 Å². The van der Waals surface area contributed by atoms with Gasteiger partial charge in [-0.2, -0.15) is 0 Å². The standard InChI is InChI=1S/C16H23NO2/c1-2-18-16(11-6-7-11)15(17)12-4-3-5-14(10-12)19-13-8-9-13/h3-5,10-11,13,15-16H,2,6-9,17H2,1H3. The van der Waals surface area contributed by atoms with Crippen LogP contribution in [0.3, 0.4) is 0 Å². The lowest BCUT2D eigenvalue weighted by molar-refractivity contribution is 0.0282. The van der Waals surface area contributed by atoms with Crippen LogP contribution in [0.15, 0.2) is 24.3 Å². The van der Waals surface area contributed by atoms with E-state index in [1.165, 1.54) is 25.7 Å². The Balaban J connectivity index is 1.71. The molecule has 1 aromatic rings. The third-order valence-corrected chi connectivity index (χ3v) is 3.87. The van der Waals surface area contributed by atoms with Gasteiger partial charge < -0.3 is 15.2 Å². The first-order valence-corrected chi connectivity index (χ1v) is 7.41. The molecule has 2 unspecified atom stereocenters. The molecule has 2 atom stereocenters. The fourth-order valence-corrected chi connectivity index (χ4v) is 2.51. The van der Waals surface area contributed by atoms with Crippen molar-refractivity contribution in [3.8, 4) is 5.75 Å². The Hall–Kier alpha value is -1.06. The highest BCUT2D eigenvalue weighted by Gasteiger charge is 2.36. The summed E-state index contributed by atoms with van der Waals surface area (Å²) in [5.41, 5.74) is 7.53. The van der Waals surface area contributed by atoms with Crippen molar-refractivity contribution in [3.63, 3.8) is 0 Å². The van der Waals surface area contributed by atoms with Gasteiger partial charge in [-0.15, -0.1) is 0 Å². The van der Waals surface area contributed by atoms with E-state index in [1.807, 2.05) is 19.1 Å². The Bertz CT molecular complexity index is 427. The third-order valence-electron chi connectivity index (χ3n) is 3.87. The van der Waals surface area contributed by atoms with Crippen molar-refractivity contribution >= 4 is 0 Å². The van der Waals surface area contributed by atoms with E-state index >= 15 is 0 Å². The second-order valence-electron chi connectivity index (χ2n) is 5.67. The highest BCUT2D eigenvalue weighted by Crippen LogP contribution is 2.39. The molecule has 0 bridgehead atoms. The summed E-state index contributed by atoms with van der Waals surface area (Å²) in [5, 5.41) is 0. The SMILES string of the molecule is CCOC(C1CC1)C(N)c1cccc(OC2CC2)c1. The monoisotopic (exact) mass is 261 g/mol. The number of benzene rings is 1. The topological polar surface area (TPSA) is 44.5 Å². The zero-order valence-electron chi connectivity index (χ0n) is 11.5. The highest BCUT2D eigenvalue weighted by atomic mass is 16.5. The van der Waals surface area contributed by atoms with Gasteiger partial charge in [0.05, 0.1) is 18.2 Å². The van der Waals surface area contributed by atoms with Crippen LogP contribution >= 0.6 is 0 Å². The predicted molar refractivity (Wildman–Crippen MR) is 75.2 cm³/mol. The smallest absolute Gasteiger partial charge is 0.120 e. The van der Waals surface area contributed by atoms with Crippen molar-refractivity contribution in [3.05, 3.63) is 29.8 Å². The van der Waals surface area contributed by atoms with Gasteiger partial charge in [0.25, 0.3) is 0 Å². The molecule has 104 valence electrons. The van der Waals surface area contributed by atoms with Gasteiger partial charge in [-0.3, -0.25) is 0 Å². The molecule has 0 amide bonds. The molecule has 3 nitrogen and oxygen atoms in total. The quantitative estimate of drug-likeness (QED) is 0.820. The summed E-state index contributed by atoms with van der Waals surface area (Å²) in [7, 11) is 0. The first-order chi connectivity index (χ1) is 9.28. The van der Waals surface area contributed by atoms with Crippen LogP contribution in [0.25, 0.3) is 0 Å². The van der Waals surface area contributed by atoms with Crippen molar-refractivity contribution in [1.82, 2.24) is 0 Å². The van der Waals surface area contributed by atoms with Gasteiger partial charge in [0.15, 0.2) is 0 Å². The van der Waals surface area contributed by atoms with Gasteiger partial charge in [0.1, 0.15) is 5.75 Å². The van der Waals surface area contributed by atoms with Gasteiger partial charge in [-0.05, 0) is 56.2 Å². The molecule has 0 aliphatic heterocycles. The molecular formula is C16H23NO2. The molecule has 2 fully saturated rings. The average Bonchev–Trinajstić information content (AvgIpc) is 3.28. The van der Waals surface area contributed by atoms with Crippen LogP contribution < -0.4 is 10.5 Å². The Labute approximate surface area is 115 Å². The van der Waals surface area contributed by atoms with Gasteiger partial charge in [-0.25, -0.2) is 0 Å². The van der Waals surface area contributed by atoms with Crippen LogP contribution in [0, 0.1) is 5.92 Å². The fraction of sp³-hybridized carbons (Fsp3) is 0.625. The molecule has 0 heterocycles. The lowest BCUT2D eigenvalue weighted by Crippen LogP contribution is -2.31. The minimum atomic E-state index is -0.0461. The molecule has 0 aromatic heterocycles. The van der Waals surface area contributed by atoms with E-state index in [0.717, 1.165) is 17.9 Å².